The van der Waals surface area contributed by atoms with E-state index in [0.29, 0.717) is 24.7 Å². The number of alkyl halides is 1. The summed E-state index contributed by atoms with van der Waals surface area (Å²) in [7, 11) is 0. The highest BCUT2D eigenvalue weighted by atomic mass is 19.1. The lowest BCUT2D eigenvalue weighted by molar-refractivity contribution is 0.122. The topological polar surface area (TPSA) is 43.7 Å². The quantitative estimate of drug-likeness (QED) is 0.866. The van der Waals surface area contributed by atoms with Crippen LogP contribution in [0.4, 0.5) is 10.1 Å². The number of pyridine rings is 1. The molecular weight excluding hydrogens is 287 g/mol. The highest BCUT2D eigenvalue weighted by Crippen LogP contribution is 2.18. The molecule has 1 aliphatic rings. The highest BCUT2D eigenvalue weighted by Gasteiger charge is 2.12. The molecule has 116 valence electrons. The third kappa shape index (κ3) is 3.12. The Morgan fingerprint density at radius 2 is 1.73 bits per heavy atom. The van der Waals surface area contributed by atoms with E-state index in [1.165, 1.54) is 0 Å². The van der Waals surface area contributed by atoms with Crippen LogP contribution in [0.5, 0.6) is 5.75 Å². The molecule has 0 aliphatic carbocycles. The number of nitrogens with zero attached hydrogens (tertiary/aromatic N) is 2. The lowest BCUT2D eigenvalue weighted by atomic mass is 10.2. The van der Waals surface area contributed by atoms with Gasteiger partial charge in [-0.1, -0.05) is 0 Å². The molecule has 2 heterocycles. The average molecular weight is 304 g/mol. The zero-order valence-electron chi connectivity index (χ0n) is 12.1. The van der Waals surface area contributed by atoms with Gasteiger partial charge in [-0.05, 0) is 30.3 Å². The number of aromatic nitrogens is 1. The molecule has 0 bridgehead atoms. The number of hydrogen-bond donors (Lipinski definition) is 0. The Hall–Kier alpha value is -2.34. The molecule has 1 aliphatic heterocycles. The van der Waals surface area contributed by atoms with Gasteiger partial charge in [-0.25, -0.2) is 4.39 Å². The summed E-state index contributed by atoms with van der Waals surface area (Å²) >= 11 is 0. The summed E-state index contributed by atoms with van der Waals surface area (Å²) < 4.78 is 23.8. The third-order valence-electron chi connectivity index (χ3n) is 3.61. The number of ether oxygens (including phenoxy) is 2. The van der Waals surface area contributed by atoms with E-state index in [0.717, 1.165) is 18.8 Å². The Kier molecular flexibility index (Phi) is 4.39. The smallest absolute Gasteiger partial charge is 0.255 e. The molecule has 5 nitrogen and oxygen atoms in total. The first kappa shape index (κ1) is 14.6. The molecule has 0 saturated carbocycles. The van der Waals surface area contributed by atoms with Gasteiger partial charge in [0.15, 0.2) is 0 Å². The van der Waals surface area contributed by atoms with E-state index >= 15 is 0 Å². The van der Waals surface area contributed by atoms with Crippen molar-refractivity contribution in [3.05, 3.63) is 52.9 Å². The monoisotopic (exact) mass is 304 g/mol. The summed E-state index contributed by atoms with van der Waals surface area (Å²) in [5, 5.41) is 0. The lowest BCUT2D eigenvalue weighted by Crippen LogP contribution is -2.36. The van der Waals surface area contributed by atoms with E-state index in [1.54, 1.807) is 34.9 Å². The molecule has 1 fully saturated rings. The highest BCUT2D eigenvalue weighted by molar-refractivity contribution is 5.47. The predicted octanol–water partition coefficient (Wildman–Crippen LogP) is 1.98. The fraction of sp³-hybridized carbons (Fsp3) is 0.312. The molecule has 3 rings (SSSR count). The maximum atomic E-state index is 12.1. The third-order valence-corrected chi connectivity index (χ3v) is 3.61. The molecule has 0 amide bonds. The van der Waals surface area contributed by atoms with E-state index in [9.17, 15) is 9.18 Å². The maximum Gasteiger partial charge on any atom is 0.255 e. The summed E-state index contributed by atoms with van der Waals surface area (Å²) in [6.45, 7) is 2.12. The fourth-order valence-electron chi connectivity index (χ4n) is 2.45. The minimum absolute atomic E-state index is 0.115. The molecule has 0 atom stereocenters. The van der Waals surface area contributed by atoms with Gasteiger partial charge in [-0.3, -0.25) is 9.36 Å². The Morgan fingerprint density at radius 3 is 2.41 bits per heavy atom. The maximum absolute atomic E-state index is 12.1. The van der Waals surface area contributed by atoms with E-state index in [4.69, 9.17) is 9.47 Å². The zero-order chi connectivity index (χ0) is 15.4. The van der Waals surface area contributed by atoms with Crippen molar-refractivity contribution in [3.63, 3.8) is 0 Å². The van der Waals surface area contributed by atoms with Gasteiger partial charge in [0.2, 0.25) is 6.86 Å². The van der Waals surface area contributed by atoms with Crippen LogP contribution in [0.25, 0.3) is 5.69 Å². The van der Waals surface area contributed by atoms with Crippen LogP contribution in [-0.4, -0.2) is 37.7 Å². The van der Waals surface area contributed by atoms with Gasteiger partial charge >= 0.3 is 0 Å². The second-order valence-corrected chi connectivity index (χ2v) is 4.94. The van der Waals surface area contributed by atoms with Crippen LogP contribution >= 0.6 is 0 Å². The van der Waals surface area contributed by atoms with E-state index < -0.39 is 6.86 Å². The number of hydrogen-bond acceptors (Lipinski definition) is 4. The summed E-state index contributed by atoms with van der Waals surface area (Å²) in [4.78, 5) is 14.3. The number of anilines is 1. The van der Waals surface area contributed by atoms with Gasteiger partial charge in [0, 0.05) is 31.0 Å². The summed E-state index contributed by atoms with van der Waals surface area (Å²) in [5.74, 6) is 0.434. The minimum Gasteiger partial charge on any atom is -0.463 e. The molecule has 1 saturated heterocycles. The summed E-state index contributed by atoms with van der Waals surface area (Å²) in [5.41, 5.74) is 1.58. The molecule has 22 heavy (non-hydrogen) atoms. The first-order valence-electron chi connectivity index (χ1n) is 7.12. The zero-order valence-corrected chi connectivity index (χ0v) is 12.1. The predicted molar refractivity (Wildman–Crippen MR) is 81.7 cm³/mol. The van der Waals surface area contributed by atoms with Gasteiger partial charge in [0.25, 0.3) is 5.56 Å². The van der Waals surface area contributed by atoms with Crippen LogP contribution in [0.2, 0.25) is 0 Å². The normalized spacial score (nSPS) is 14.9. The number of benzene rings is 1. The molecule has 0 N–H and O–H groups in total. The standard InChI is InChI=1S/C16H17FN2O3/c17-12-22-15-4-1-13(2-5-15)19-11-14(3-6-16(19)20)18-7-9-21-10-8-18/h1-6,11H,7-10,12H2. The Morgan fingerprint density at radius 1 is 1.05 bits per heavy atom. The van der Waals surface area contributed by atoms with Crippen LogP contribution in [0, 0.1) is 0 Å². The van der Waals surface area contributed by atoms with Crippen molar-refractivity contribution >= 4 is 5.69 Å². The molecule has 1 aromatic heterocycles. The van der Waals surface area contributed by atoms with Crippen molar-refractivity contribution in [3.8, 4) is 11.4 Å². The van der Waals surface area contributed by atoms with Gasteiger partial charge in [0.1, 0.15) is 5.75 Å². The van der Waals surface area contributed by atoms with Gasteiger partial charge in [-0.15, -0.1) is 0 Å². The molecule has 6 heteroatoms. The molecule has 0 spiro atoms. The van der Waals surface area contributed by atoms with E-state index in [-0.39, 0.29) is 5.56 Å². The van der Waals surface area contributed by atoms with Crippen molar-refractivity contribution in [1.29, 1.82) is 0 Å². The van der Waals surface area contributed by atoms with E-state index in [1.807, 2.05) is 12.3 Å². The second-order valence-electron chi connectivity index (χ2n) is 4.94. The van der Waals surface area contributed by atoms with Crippen LogP contribution < -0.4 is 15.2 Å². The van der Waals surface area contributed by atoms with Crippen LogP contribution in [0.1, 0.15) is 0 Å². The largest absolute Gasteiger partial charge is 0.463 e. The van der Waals surface area contributed by atoms with Crippen LogP contribution in [0.15, 0.2) is 47.4 Å². The summed E-state index contributed by atoms with van der Waals surface area (Å²) in [6.07, 6.45) is 1.82. The minimum atomic E-state index is -0.869. The Bertz CT molecular complexity index is 679. The van der Waals surface area contributed by atoms with Crippen molar-refractivity contribution in [2.75, 3.05) is 38.1 Å². The van der Waals surface area contributed by atoms with Crippen molar-refractivity contribution < 1.29 is 13.9 Å². The molecule has 2 aromatic rings. The summed E-state index contributed by atoms with van der Waals surface area (Å²) in [6, 6.07) is 10.1. The van der Waals surface area contributed by atoms with Crippen LogP contribution in [0.3, 0.4) is 0 Å². The lowest BCUT2D eigenvalue weighted by Gasteiger charge is -2.29. The molecule has 0 radical (unpaired) electrons. The molecule has 1 aromatic carbocycles. The molecule has 0 unspecified atom stereocenters. The number of rotatable bonds is 4. The fourth-order valence-corrected chi connectivity index (χ4v) is 2.45. The Labute approximate surface area is 127 Å². The second kappa shape index (κ2) is 6.62. The van der Waals surface area contributed by atoms with Gasteiger partial charge in [0.05, 0.1) is 18.9 Å². The first-order valence-corrected chi connectivity index (χ1v) is 7.12. The van der Waals surface area contributed by atoms with Crippen molar-refractivity contribution in [2.45, 2.75) is 0 Å². The van der Waals surface area contributed by atoms with Crippen molar-refractivity contribution in [1.82, 2.24) is 4.57 Å². The number of halogens is 1. The number of morpholine rings is 1. The Balaban J connectivity index is 1.90. The SMILES string of the molecule is O=c1ccc(N2CCOCC2)cn1-c1ccc(OCF)cc1. The van der Waals surface area contributed by atoms with Gasteiger partial charge < -0.3 is 14.4 Å². The van der Waals surface area contributed by atoms with Crippen molar-refractivity contribution in [2.24, 2.45) is 0 Å². The average Bonchev–Trinajstić information content (AvgIpc) is 2.57. The van der Waals surface area contributed by atoms with E-state index in [2.05, 4.69) is 4.90 Å². The van der Waals surface area contributed by atoms with Gasteiger partial charge in [-0.2, -0.15) is 0 Å². The first-order chi connectivity index (χ1) is 10.8. The molecular formula is C16H17FN2O3. The van der Waals surface area contributed by atoms with Crippen LogP contribution in [-0.2, 0) is 4.74 Å².